The van der Waals surface area contributed by atoms with Gasteiger partial charge >= 0.3 is 0 Å². The summed E-state index contributed by atoms with van der Waals surface area (Å²) >= 11 is 0. The maximum atomic E-state index is 11.8. The molecule has 1 aromatic carbocycles. The van der Waals surface area contributed by atoms with E-state index >= 15 is 0 Å². The Hall–Kier alpha value is -1.55. The van der Waals surface area contributed by atoms with E-state index in [9.17, 15) is 8.42 Å². The van der Waals surface area contributed by atoms with E-state index in [-0.39, 0.29) is 12.6 Å². The molecular weight excluding hydrogens is 264 g/mol. The lowest BCUT2D eigenvalue weighted by Gasteiger charge is -2.09. The summed E-state index contributed by atoms with van der Waals surface area (Å²) in [5.74, 6) is 5.34. The zero-order valence-electron chi connectivity index (χ0n) is 10.6. The molecule has 0 amide bonds. The Bertz CT molecular complexity index is 625. The maximum Gasteiger partial charge on any atom is 0.299 e. The molecule has 0 aliphatic heterocycles. The molecule has 1 aliphatic rings. The van der Waals surface area contributed by atoms with E-state index in [1.165, 1.54) is 0 Å². The standard InChI is InChI=1S/C13H16N2O3S/c1-10-4-5-13(9-11(10)3-2-8-16)15-19(17,18)14-12-6-7-12/h4-5,9,12,14-16H,6-8H2,1H3. The van der Waals surface area contributed by atoms with Crippen molar-refractivity contribution in [3.05, 3.63) is 29.3 Å². The fourth-order valence-corrected chi connectivity index (χ4v) is 2.73. The summed E-state index contributed by atoms with van der Waals surface area (Å²) in [6.07, 6.45) is 1.78. The Labute approximate surface area is 113 Å². The fourth-order valence-electron chi connectivity index (χ4n) is 1.56. The first-order valence-electron chi connectivity index (χ1n) is 6.00. The van der Waals surface area contributed by atoms with Crippen LogP contribution in [0.1, 0.15) is 24.0 Å². The summed E-state index contributed by atoms with van der Waals surface area (Å²) in [7, 11) is -3.52. The molecule has 1 aliphatic carbocycles. The normalized spacial score (nSPS) is 14.6. The van der Waals surface area contributed by atoms with E-state index in [4.69, 9.17) is 5.11 Å². The summed E-state index contributed by atoms with van der Waals surface area (Å²) in [4.78, 5) is 0. The third-order valence-corrected chi connectivity index (χ3v) is 3.84. The summed E-state index contributed by atoms with van der Waals surface area (Å²) < 4.78 is 28.5. The molecule has 0 unspecified atom stereocenters. The number of hydrogen-bond acceptors (Lipinski definition) is 3. The van der Waals surface area contributed by atoms with Crippen LogP contribution in [0, 0.1) is 18.8 Å². The number of hydrogen-bond donors (Lipinski definition) is 3. The van der Waals surface area contributed by atoms with Crippen molar-refractivity contribution in [2.24, 2.45) is 0 Å². The maximum absolute atomic E-state index is 11.8. The molecule has 0 atom stereocenters. The minimum absolute atomic E-state index is 0.0663. The third kappa shape index (κ3) is 4.24. The van der Waals surface area contributed by atoms with E-state index in [2.05, 4.69) is 21.3 Å². The van der Waals surface area contributed by atoms with Gasteiger partial charge in [-0.05, 0) is 37.5 Å². The van der Waals surface area contributed by atoms with Gasteiger partial charge in [-0.1, -0.05) is 17.9 Å². The smallest absolute Gasteiger partial charge is 0.299 e. The molecular formula is C13H16N2O3S. The van der Waals surface area contributed by atoms with Crippen LogP contribution in [-0.2, 0) is 10.2 Å². The van der Waals surface area contributed by atoms with Crippen LogP contribution in [0.15, 0.2) is 18.2 Å². The molecule has 0 aromatic heterocycles. The summed E-state index contributed by atoms with van der Waals surface area (Å²) in [5, 5.41) is 8.69. The number of anilines is 1. The largest absolute Gasteiger partial charge is 0.384 e. The van der Waals surface area contributed by atoms with Gasteiger partial charge < -0.3 is 5.11 Å². The van der Waals surface area contributed by atoms with Gasteiger partial charge in [0.05, 0.1) is 5.69 Å². The molecule has 2 rings (SSSR count). The highest BCUT2D eigenvalue weighted by Gasteiger charge is 2.26. The Kier molecular flexibility index (Phi) is 4.10. The second kappa shape index (κ2) is 5.61. The topological polar surface area (TPSA) is 78.4 Å². The monoisotopic (exact) mass is 280 g/mol. The van der Waals surface area contributed by atoms with Gasteiger partial charge in [0.1, 0.15) is 6.61 Å². The van der Waals surface area contributed by atoms with Gasteiger partial charge in [0.25, 0.3) is 10.2 Å². The van der Waals surface area contributed by atoms with Crippen LogP contribution in [0.2, 0.25) is 0 Å². The van der Waals surface area contributed by atoms with Crippen LogP contribution in [0.25, 0.3) is 0 Å². The van der Waals surface area contributed by atoms with E-state index in [1.54, 1.807) is 18.2 Å². The second-order valence-electron chi connectivity index (χ2n) is 4.49. The van der Waals surface area contributed by atoms with Crippen LogP contribution in [-0.4, -0.2) is 26.2 Å². The van der Waals surface area contributed by atoms with Crippen molar-refractivity contribution in [2.45, 2.75) is 25.8 Å². The first-order chi connectivity index (χ1) is 9.00. The average Bonchev–Trinajstić information content (AvgIpc) is 3.12. The summed E-state index contributed by atoms with van der Waals surface area (Å²) in [6.45, 7) is 1.65. The fraction of sp³-hybridized carbons (Fsp3) is 0.385. The lowest BCUT2D eigenvalue weighted by Crippen LogP contribution is -2.31. The van der Waals surface area contributed by atoms with Crippen molar-refractivity contribution < 1.29 is 13.5 Å². The molecule has 5 nitrogen and oxygen atoms in total. The Balaban J connectivity index is 2.16. The van der Waals surface area contributed by atoms with Crippen molar-refractivity contribution in [3.8, 4) is 11.8 Å². The Morgan fingerprint density at radius 1 is 1.42 bits per heavy atom. The average molecular weight is 280 g/mol. The lowest BCUT2D eigenvalue weighted by molar-refractivity contribution is 0.350. The van der Waals surface area contributed by atoms with Crippen LogP contribution in [0.4, 0.5) is 5.69 Å². The predicted molar refractivity (Wildman–Crippen MR) is 73.8 cm³/mol. The van der Waals surface area contributed by atoms with Gasteiger partial charge in [-0.15, -0.1) is 0 Å². The summed E-state index contributed by atoms with van der Waals surface area (Å²) in [6, 6.07) is 5.20. The Morgan fingerprint density at radius 3 is 2.79 bits per heavy atom. The van der Waals surface area contributed by atoms with Crippen molar-refractivity contribution in [1.29, 1.82) is 0 Å². The number of aliphatic hydroxyl groups is 1. The van der Waals surface area contributed by atoms with E-state index < -0.39 is 10.2 Å². The van der Waals surface area contributed by atoms with E-state index in [0.717, 1.165) is 18.4 Å². The molecule has 0 bridgehead atoms. The second-order valence-corrected chi connectivity index (χ2v) is 5.93. The minimum atomic E-state index is -3.52. The zero-order chi connectivity index (χ0) is 13.9. The number of rotatable bonds is 4. The lowest BCUT2D eigenvalue weighted by atomic mass is 10.1. The van der Waals surface area contributed by atoms with Gasteiger partial charge in [0.15, 0.2) is 0 Å². The molecule has 1 aromatic rings. The number of aliphatic hydroxyl groups excluding tert-OH is 1. The van der Waals surface area contributed by atoms with Gasteiger partial charge in [0, 0.05) is 11.6 Å². The van der Waals surface area contributed by atoms with Crippen molar-refractivity contribution in [1.82, 2.24) is 4.72 Å². The number of benzene rings is 1. The van der Waals surface area contributed by atoms with Gasteiger partial charge in [-0.25, -0.2) is 0 Å². The SMILES string of the molecule is Cc1ccc(NS(=O)(=O)NC2CC2)cc1C#CCO. The van der Waals surface area contributed by atoms with E-state index in [1.807, 2.05) is 6.92 Å². The number of nitrogens with one attached hydrogen (secondary N) is 2. The quantitative estimate of drug-likeness (QED) is 0.712. The minimum Gasteiger partial charge on any atom is -0.384 e. The molecule has 1 fully saturated rings. The molecule has 0 radical (unpaired) electrons. The van der Waals surface area contributed by atoms with Gasteiger partial charge in [-0.3, -0.25) is 4.72 Å². The van der Waals surface area contributed by atoms with Gasteiger partial charge in [-0.2, -0.15) is 13.1 Å². The molecule has 0 heterocycles. The molecule has 19 heavy (non-hydrogen) atoms. The van der Waals surface area contributed by atoms with Crippen LogP contribution < -0.4 is 9.44 Å². The molecule has 6 heteroatoms. The molecule has 0 spiro atoms. The van der Waals surface area contributed by atoms with Crippen LogP contribution in [0.3, 0.4) is 0 Å². The molecule has 0 saturated heterocycles. The number of aryl methyl sites for hydroxylation is 1. The van der Waals surface area contributed by atoms with Crippen molar-refractivity contribution >= 4 is 15.9 Å². The van der Waals surface area contributed by atoms with E-state index in [0.29, 0.717) is 11.3 Å². The zero-order valence-corrected chi connectivity index (χ0v) is 11.4. The highest BCUT2D eigenvalue weighted by atomic mass is 32.2. The van der Waals surface area contributed by atoms with Crippen molar-refractivity contribution in [3.63, 3.8) is 0 Å². The highest BCUT2D eigenvalue weighted by Crippen LogP contribution is 2.21. The van der Waals surface area contributed by atoms with Gasteiger partial charge in [0.2, 0.25) is 0 Å². The highest BCUT2D eigenvalue weighted by molar-refractivity contribution is 7.90. The summed E-state index contributed by atoms with van der Waals surface area (Å²) in [5.41, 5.74) is 2.08. The van der Waals surface area contributed by atoms with Crippen molar-refractivity contribution in [2.75, 3.05) is 11.3 Å². The Morgan fingerprint density at radius 2 is 2.16 bits per heavy atom. The molecule has 3 N–H and O–H groups in total. The molecule has 102 valence electrons. The predicted octanol–water partition coefficient (Wildman–Crippen LogP) is 0.748. The van der Waals surface area contributed by atoms with Crippen LogP contribution >= 0.6 is 0 Å². The third-order valence-electron chi connectivity index (χ3n) is 2.69. The molecule has 1 saturated carbocycles. The van der Waals surface area contributed by atoms with Crippen LogP contribution in [0.5, 0.6) is 0 Å². The first-order valence-corrected chi connectivity index (χ1v) is 7.49. The first kappa shape index (κ1) is 13.9.